The van der Waals surface area contributed by atoms with Crippen LogP contribution in [0.15, 0.2) is 89.6 Å². The molecular formula is C29H37ClN4O4S3. The lowest BCUT2D eigenvalue weighted by Gasteiger charge is -2.40. The van der Waals surface area contributed by atoms with Crippen LogP contribution in [0.25, 0.3) is 0 Å². The number of hydrogen-bond acceptors (Lipinski definition) is 7. The number of benzene rings is 2. The Kier molecular flexibility index (Phi) is 12.2. The average molecular weight is 637 g/mol. The van der Waals surface area contributed by atoms with Crippen molar-refractivity contribution in [3.8, 4) is 0 Å². The van der Waals surface area contributed by atoms with E-state index in [4.69, 9.17) is 0 Å². The number of allylic oxidation sites excluding steroid dienone is 1. The number of piperazine rings is 1. The molecule has 2 aromatic carbocycles. The maximum atomic E-state index is 12.7. The zero-order valence-electron chi connectivity index (χ0n) is 22.9. The Labute approximate surface area is 255 Å². The molecule has 0 spiro atoms. The molecule has 222 valence electrons. The molecular weight excluding hydrogens is 600 g/mol. The lowest BCUT2D eigenvalue weighted by atomic mass is 10.1. The normalized spacial score (nSPS) is 17.3. The van der Waals surface area contributed by atoms with E-state index >= 15 is 0 Å². The van der Waals surface area contributed by atoms with Crippen LogP contribution in [0.4, 0.5) is 5.69 Å². The van der Waals surface area contributed by atoms with Crippen LogP contribution in [0.2, 0.25) is 0 Å². The molecule has 0 saturated carbocycles. The molecule has 5 rings (SSSR count). The first kappa shape index (κ1) is 33.0. The number of ketones is 1. The van der Waals surface area contributed by atoms with Crippen molar-refractivity contribution in [3.63, 3.8) is 0 Å². The zero-order chi connectivity index (χ0) is 27.2. The summed E-state index contributed by atoms with van der Waals surface area (Å²) in [7, 11) is -3.41. The third kappa shape index (κ3) is 8.74. The number of Topliss-reactive ketones (excluding diaryl/α,β-unsaturated/α-hetero) is 1. The Hall–Kier alpha value is -2.51. The van der Waals surface area contributed by atoms with Gasteiger partial charge in [-0.15, -0.1) is 23.7 Å². The van der Waals surface area contributed by atoms with E-state index in [9.17, 15) is 13.2 Å². The number of sulfonamides is 1. The van der Waals surface area contributed by atoms with Crippen molar-refractivity contribution in [1.82, 2.24) is 14.5 Å². The molecule has 1 aromatic heterocycles. The minimum absolute atomic E-state index is 0. The second kappa shape index (κ2) is 15.1. The van der Waals surface area contributed by atoms with E-state index in [2.05, 4.69) is 90.9 Å². The van der Waals surface area contributed by atoms with E-state index in [1.807, 2.05) is 6.07 Å². The Bertz CT molecular complexity index is 1460. The number of para-hydroxylation sites is 1. The smallest absolute Gasteiger partial charge is 0.209 e. The van der Waals surface area contributed by atoms with Gasteiger partial charge in [0.2, 0.25) is 10.0 Å². The largest absolute Gasteiger partial charge is 0.412 e. The van der Waals surface area contributed by atoms with Gasteiger partial charge in [-0.3, -0.25) is 14.0 Å². The maximum absolute atomic E-state index is 12.7. The fourth-order valence-electron chi connectivity index (χ4n) is 4.75. The molecule has 8 nitrogen and oxygen atoms in total. The summed E-state index contributed by atoms with van der Waals surface area (Å²) in [6.07, 6.45) is 4.73. The summed E-state index contributed by atoms with van der Waals surface area (Å²) in [4.78, 5) is 20.5. The van der Waals surface area contributed by atoms with Crippen LogP contribution in [0, 0.1) is 0 Å². The average Bonchev–Trinajstić information content (AvgIpc) is 3.61. The molecule has 1 saturated heterocycles. The predicted octanol–water partition coefficient (Wildman–Crippen LogP) is 4.38. The molecule has 1 unspecified atom stereocenters. The minimum atomic E-state index is -3.25. The molecule has 41 heavy (non-hydrogen) atoms. The Morgan fingerprint density at radius 2 is 1.61 bits per heavy atom. The number of anilines is 1. The van der Waals surface area contributed by atoms with Crippen molar-refractivity contribution in [3.05, 3.63) is 94.4 Å². The van der Waals surface area contributed by atoms with Crippen molar-refractivity contribution in [2.45, 2.75) is 24.3 Å². The number of carbonyl (C=O) groups excluding carboxylic acids is 1. The summed E-state index contributed by atoms with van der Waals surface area (Å²) in [5.41, 5.74) is 1.20. The first-order valence-electron chi connectivity index (χ1n) is 13.1. The fraction of sp³-hybridized carbons (Fsp3) is 0.310. The minimum Gasteiger partial charge on any atom is -0.412 e. The van der Waals surface area contributed by atoms with Gasteiger partial charge < -0.3 is 10.4 Å². The highest BCUT2D eigenvalue weighted by atomic mass is 35.5. The van der Waals surface area contributed by atoms with Gasteiger partial charge in [-0.2, -0.15) is 0 Å². The van der Waals surface area contributed by atoms with Gasteiger partial charge in [0, 0.05) is 48.9 Å². The van der Waals surface area contributed by atoms with Gasteiger partial charge in [0.25, 0.3) is 0 Å². The van der Waals surface area contributed by atoms with E-state index in [1.165, 1.54) is 27.7 Å². The molecule has 3 aromatic rings. The van der Waals surface area contributed by atoms with Crippen LogP contribution in [0.5, 0.6) is 0 Å². The standard InChI is InChI=1S/C29H34N4O3S3.ClH.H2O/c1-39(35,36)30-23-25-14-15-28(37-25)27(34)13-8-17-31-18-20-32(21-19-31)29-16-22-38(26-11-6-3-7-12-26)33(29)24-9-4-2-5-10-24;;/h2-7,9-12,14-16,22,30H,8,13,17-21,23H2,1H3;1H;1H2. The van der Waals surface area contributed by atoms with Gasteiger partial charge in [0.1, 0.15) is 5.82 Å². The van der Waals surface area contributed by atoms with Crippen LogP contribution in [0.3, 0.4) is 0 Å². The number of rotatable bonds is 11. The van der Waals surface area contributed by atoms with Crippen LogP contribution in [-0.2, 0) is 16.6 Å². The van der Waals surface area contributed by atoms with Gasteiger partial charge in [0.05, 0.1) is 16.8 Å². The molecule has 3 N–H and O–H groups in total. The van der Waals surface area contributed by atoms with Gasteiger partial charge in [-0.25, -0.2) is 13.1 Å². The number of nitrogens with one attached hydrogen (secondary N) is 1. The van der Waals surface area contributed by atoms with E-state index in [0.29, 0.717) is 11.3 Å². The van der Waals surface area contributed by atoms with Crippen LogP contribution in [0.1, 0.15) is 27.4 Å². The Morgan fingerprint density at radius 1 is 0.951 bits per heavy atom. The van der Waals surface area contributed by atoms with Crippen molar-refractivity contribution in [2.75, 3.05) is 43.3 Å². The van der Waals surface area contributed by atoms with Gasteiger partial charge in [-0.1, -0.05) is 47.1 Å². The lowest BCUT2D eigenvalue weighted by molar-refractivity contribution is 0.0972. The molecule has 12 heteroatoms. The second-order valence-electron chi connectivity index (χ2n) is 9.63. The SMILES string of the molecule is CS(=O)(=O)NCc1ccc(C(=O)CCCN2CCN(C3=CC=S(c4ccccc4)N3c3ccccc3)CC2)s1.Cl.O. The first-order valence-corrected chi connectivity index (χ1v) is 17.0. The third-order valence-electron chi connectivity index (χ3n) is 6.75. The number of thiophene rings is 1. The summed E-state index contributed by atoms with van der Waals surface area (Å²) in [6, 6.07) is 24.9. The van der Waals surface area contributed by atoms with Gasteiger partial charge in [-0.05, 0) is 60.8 Å². The highest BCUT2D eigenvalue weighted by Gasteiger charge is 2.28. The van der Waals surface area contributed by atoms with E-state index in [-0.39, 0.29) is 40.9 Å². The molecule has 3 heterocycles. The van der Waals surface area contributed by atoms with Crippen molar-refractivity contribution in [2.24, 2.45) is 0 Å². The van der Waals surface area contributed by atoms with Crippen molar-refractivity contribution < 1.29 is 18.7 Å². The first-order chi connectivity index (χ1) is 18.9. The highest BCUT2D eigenvalue weighted by molar-refractivity contribution is 8.16. The molecule has 0 bridgehead atoms. The van der Waals surface area contributed by atoms with Gasteiger partial charge in [0.15, 0.2) is 5.78 Å². The topological polar surface area (TPSA) is 104 Å². The highest BCUT2D eigenvalue weighted by Crippen LogP contribution is 2.42. The Balaban J connectivity index is 0.00000231. The summed E-state index contributed by atoms with van der Waals surface area (Å²) < 4.78 is 27.5. The Morgan fingerprint density at radius 3 is 2.27 bits per heavy atom. The van der Waals surface area contributed by atoms with E-state index in [1.54, 1.807) is 6.07 Å². The predicted molar refractivity (Wildman–Crippen MR) is 174 cm³/mol. The summed E-state index contributed by atoms with van der Waals surface area (Å²) in [6.45, 7) is 4.95. The summed E-state index contributed by atoms with van der Waals surface area (Å²) in [5.74, 6) is 1.38. The summed E-state index contributed by atoms with van der Waals surface area (Å²) >= 11 is 1.37. The molecule has 1 fully saturated rings. The van der Waals surface area contributed by atoms with Crippen LogP contribution in [-0.4, -0.2) is 73.8 Å². The van der Waals surface area contributed by atoms with Crippen molar-refractivity contribution in [1.29, 1.82) is 0 Å². The van der Waals surface area contributed by atoms with E-state index < -0.39 is 10.0 Å². The maximum Gasteiger partial charge on any atom is 0.209 e. The van der Waals surface area contributed by atoms with Crippen LogP contribution < -0.4 is 9.03 Å². The van der Waals surface area contributed by atoms with E-state index in [0.717, 1.165) is 50.3 Å². The van der Waals surface area contributed by atoms with Crippen LogP contribution >= 0.6 is 34.4 Å². The molecule has 0 radical (unpaired) electrons. The molecule has 2 aliphatic heterocycles. The number of halogens is 1. The lowest BCUT2D eigenvalue weighted by Crippen LogP contribution is -2.47. The number of nitrogens with zero attached hydrogens (tertiary/aromatic N) is 3. The monoisotopic (exact) mass is 636 g/mol. The molecule has 2 aliphatic rings. The second-order valence-corrected chi connectivity index (χ2v) is 14.4. The fourth-order valence-corrected chi connectivity index (χ4v) is 8.08. The zero-order valence-corrected chi connectivity index (χ0v) is 26.2. The van der Waals surface area contributed by atoms with Crippen molar-refractivity contribution >= 4 is 61.3 Å². The number of carbonyl (C=O) groups is 1. The molecule has 0 amide bonds. The molecule has 0 aliphatic carbocycles. The third-order valence-corrected chi connectivity index (χ3v) is 10.5. The summed E-state index contributed by atoms with van der Waals surface area (Å²) in [5, 5.41) is 2.32. The quantitative estimate of drug-likeness (QED) is 0.247. The van der Waals surface area contributed by atoms with Gasteiger partial charge >= 0.3 is 0 Å². The number of hydrogen-bond donors (Lipinski definition) is 1. The molecule has 1 atom stereocenters.